The quantitative estimate of drug-likeness (QED) is 0.860. The summed E-state index contributed by atoms with van der Waals surface area (Å²) < 4.78 is 32.7. The van der Waals surface area contributed by atoms with E-state index >= 15 is 0 Å². The van der Waals surface area contributed by atoms with Crippen molar-refractivity contribution in [3.8, 4) is 5.75 Å². The van der Waals surface area contributed by atoms with E-state index in [1.165, 1.54) is 4.31 Å². The number of hydrogen-bond acceptors (Lipinski definition) is 3. The van der Waals surface area contributed by atoms with Crippen molar-refractivity contribution in [1.29, 1.82) is 0 Å². The third kappa shape index (κ3) is 2.84. The highest BCUT2D eigenvalue weighted by Gasteiger charge is 2.33. The molecule has 0 bridgehead atoms. The number of rotatable bonds is 4. The standard InChI is InChI=1S/C18H19NO3S/c1-14-9-11-15(12-10-14)23(20,21)19-13-5-7-17(19)16-6-3-4-8-18(16)22-2/h3-6,8-13,17H,7H2,1-2H3. The predicted octanol–water partition coefficient (Wildman–Crippen LogP) is 3.65. The molecule has 0 N–H and O–H groups in total. The third-order valence-corrected chi connectivity index (χ3v) is 5.81. The van der Waals surface area contributed by atoms with E-state index in [0.717, 1.165) is 11.1 Å². The van der Waals surface area contributed by atoms with Crippen LogP contribution >= 0.6 is 0 Å². The minimum absolute atomic E-state index is 0.280. The van der Waals surface area contributed by atoms with Crippen molar-refractivity contribution in [2.75, 3.05) is 7.11 Å². The van der Waals surface area contributed by atoms with E-state index in [-0.39, 0.29) is 6.04 Å². The lowest BCUT2D eigenvalue weighted by Crippen LogP contribution is -2.27. The maximum absolute atomic E-state index is 13.0. The smallest absolute Gasteiger partial charge is 0.264 e. The van der Waals surface area contributed by atoms with Gasteiger partial charge in [0.2, 0.25) is 0 Å². The number of hydrogen-bond donors (Lipinski definition) is 0. The van der Waals surface area contributed by atoms with E-state index in [1.54, 1.807) is 25.4 Å². The Balaban J connectivity index is 2.01. The van der Waals surface area contributed by atoms with Crippen molar-refractivity contribution in [2.24, 2.45) is 0 Å². The van der Waals surface area contributed by atoms with Crippen molar-refractivity contribution in [1.82, 2.24) is 4.31 Å². The van der Waals surface area contributed by atoms with Crippen LogP contribution < -0.4 is 4.74 Å². The molecule has 0 aromatic heterocycles. The number of benzene rings is 2. The zero-order valence-electron chi connectivity index (χ0n) is 13.1. The maximum Gasteiger partial charge on any atom is 0.264 e. The SMILES string of the molecule is COc1ccccc1C1CC=CN1S(=O)(=O)c1ccc(C)cc1. The van der Waals surface area contributed by atoms with E-state index in [9.17, 15) is 8.42 Å². The van der Waals surface area contributed by atoms with Crippen LogP contribution in [-0.2, 0) is 10.0 Å². The second-order valence-corrected chi connectivity index (χ2v) is 7.37. The first kappa shape index (κ1) is 15.6. The largest absolute Gasteiger partial charge is 0.496 e. The van der Waals surface area contributed by atoms with Crippen LogP contribution in [0, 0.1) is 6.92 Å². The predicted molar refractivity (Wildman–Crippen MR) is 89.7 cm³/mol. The van der Waals surface area contributed by atoms with E-state index in [4.69, 9.17) is 4.74 Å². The second kappa shape index (κ2) is 6.08. The number of methoxy groups -OCH3 is 1. The van der Waals surface area contributed by atoms with Crippen molar-refractivity contribution in [2.45, 2.75) is 24.3 Å². The molecular formula is C18H19NO3S. The highest BCUT2D eigenvalue weighted by Crippen LogP contribution is 2.39. The molecule has 1 aliphatic rings. The monoisotopic (exact) mass is 329 g/mol. The summed E-state index contributed by atoms with van der Waals surface area (Å²) in [6.07, 6.45) is 4.15. The Labute approximate surface area is 137 Å². The lowest BCUT2D eigenvalue weighted by Gasteiger charge is -2.26. The van der Waals surface area contributed by atoms with Gasteiger partial charge in [-0.05, 0) is 31.5 Å². The van der Waals surface area contributed by atoms with Crippen LogP contribution in [0.3, 0.4) is 0 Å². The molecule has 1 heterocycles. The molecule has 2 aromatic rings. The fourth-order valence-corrected chi connectivity index (χ4v) is 4.29. The summed E-state index contributed by atoms with van der Waals surface area (Å²) in [5, 5.41) is 0. The fraction of sp³-hybridized carbons (Fsp3) is 0.222. The Morgan fingerprint density at radius 1 is 1.09 bits per heavy atom. The topological polar surface area (TPSA) is 46.6 Å². The molecule has 5 heteroatoms. The van der Waals surface area contributed by atoms with Crippen LogP contribution in [-0.4, -0.2) is 19.8 Å². The Kier molecular flexibility index (Phi) is 4.13. The zero-order valence-corrected chi connectivity index (χ0v) is 14.0. The molecule has 4 nitrogen and oxygen atoms in total. The summed E-state index contributed by atoms with van der Waals surface area (Å²) in [6.45, 7) is 1.93. The molecule has 0 fully saturated rings. The highest BCUT2D eigenvalue weighted by atomic mass is 32.2. The molecule has 0 amide bonds. The zero-order chi connectivity index (χ0) is 16.4. The Morgan fingerprint density at radius 3 is 2.48 bits per heavy atom. The van der Waals surface area contributed by atoms with Crippen LogP contribution in [0.15, 0.2) is 65.7 Å². The van der Waals surface area contributed by atoms with Gasteiger partial charge in [0.05, 0.1) is 18.0 Å². The highest BCUT2D eigenvalue weighted by molar-refractivity contribution is 7.89. The van der Waals surface area contributed by atoms with Gasteiger partial charge in [-0.15, -0.1) is 0 Å². The van der Waals surface area contributed by atoms with Crippen LogP contribution in [0.1, 0.15) is 23.6 Å². The average Bonchev–Trinajstić information content (AvgIpc) is 3.05. The van der Waals surface area contributed by atoms with E-state index in [0.29, 0.717) is 17.1 Å². The molecule has 1 unspecified atom stereocenters. The van der Waals surface area contributed by atoms with E-state index in [2.05, 4.69) is 0 Å². The number of aryl methyl sites for hydroxylation is 1. The van der Waals surface area contributed by atoms with Crippen LogP contribution in [0.25, 0.3) is 0 Å². The number of ether oxygens (including phenoxy) is 1. The molecule has 0 aliphatic carbocycles. The van der Waals surface area contributed by atoms with E-state index in [1.807, 2.05) is 49.4 Å². The van der Waals surface area contributed by atoms with Crippen LogP contribution in [0.2, 0.25) is 0 Å². The molecule has 0 spiro atoms. The summed E-state index contributed by atoms with van der Waals surface area (Å²) in [5.74, 6) is 0.699. The molecule has 0 radical (unpaired) electrons. The van der Waals surface area contributed by atoms with E-state index < -0.39 is 10.0 Å². The van der Waals surface area contributed by atoms with Gasteiger partial charge in [0.1, 0.15) is 5.75 Å². The molecular weight excluding hydrogens is 310 g/mol. The van der Waals surface area contributed by atoms with Crippen LogP contribution in [0.4, 0.5) is 0 Å². The third-order valence-electron chi connectivity index (χ3n) is 4.01. The van der Waals surface area contributed by atoms with Gasteiger partial charge in [0.25, 0.3) is 10.0 Å². The molecule has 120 valence electrons. The normalized spacial score (nSPS) is 17.5. The number of nitrogens with zero attached hydrogens (tertiary/aromatic N) is 1. The van der Waals surface area contributed by atoms with Crippen LogP contribution in [0.5, 0.6) is 5.75 Å². The molecule has 1 atom stereocenters. The lowest BCUT2D eigenvalue weighted by molar-refractivity contribution is 0.382. The summed E-state index contributed by atoms with van der Waals surface area (Å²) in [7, 11) is -1.99. The Bertz CT molecular complexity index is 826. The summed E-state index contributed by atoms with van der Waals surface area (Å²) in [4.78, 5) is 0.301. The molecule has 23 heavy (non-hydrogen) atoms. The lowest BCUT2D eigenvalue weighted by atomic mass is 10.0. The number of para-hydroxylation sites is 1. The Hall–Kier alpha value is -2.27. The van der Waals surface area contributed by atoms with Gasteiger partial charge in [-0.1, -0.05) is 42.0 Å². The van der Waals surface area contributed by atoms with Gasteiger partial charge in [-0.25, -0.2) is 8.42 Å². The van der Waals surface area contributed by atoms with Gasteiger partial charge in [-0.3, -0.25) is 4.31 Å². The van der Waals surface area contributed by atoms with Gasteiger partial charge < -0.3 is 4.74 Å². The number of sulfonamides is 1. The van der Waals surface area contributed by atoms with Crippen molar-refractivity contribution >= 4 is 10.0 Å². The minimum atomic E-state index is -3.59. The summed E-state index contributed by atoms with van der Waals surface area (Å²) >= 11 is 0. The molecule has 1 aliphatic heterocycles. The second-order valence-electron chi connectivity index (χ2n) is 5.53. The first-order valence-corrected chi connectivity index (χ1v) is 8.88. The molecule has 3 rings (SSSR count). The minimum Gasteiger partial charge on any atom is -0.496 e. The first-order chi connectivity index (χ1) is 11.0. The average molecular weight is 329 g/mol. The van der Waals surface area contributed by atoms with Crippen molar-refractivity contribution in [3.05, 3.63) is 71.9 Å². The molecule has 0 saturated carbocycles. The maximum atomic E-state index is 13.0. The Morgan fingerprint density at radius 2 is 1.78 bits per heavy atom. The van der Waals surface area contributed by atoms with Gasteiger partial charge in [0.15, 0.2) is 0 Å². The first-order valence-electron chi connectivity index (χ1n) is 7.44. The fourth-order valence-electron chi connectivity index (χ4n) is 2.79. The summed E-state index contributed by atoms with van der Waals surface area (Å²) in [5.41, 5.74) is 1.90. The van der Waals surface area contributed by atoms with Crippen molar-refractivity contribution in [3.63, 3.8) is 0 Å². The van der Waals surface area contributed by atoms with Gasteiger partial charge >= 0.3 is 0 Å². The molecule has 2 aromatic carbocycles. The molecule has 0 saturated heterocycles. The summed E-state index contributed by atoms with van der Waals surface area (Å²) in [6, 6.07) is 14.2. The van der Waals surface area contributed by atoms with Crippen molar-refractivity contribution < 1.29 is 13.2 Å². The van der Waals surface area contributed by atoms with Gasteiger partial charge in [0, 0.05) is 11.8 Å². The van der Waals surface area contributed by atoms with Gasteiger partial charge in [-0.2, -0.15) is 0 Å².